The molecule has 6 atom stereocenters. The maximum atomic E-state index is 4.54. The van der Waals surface area contributed by atoms with Gasteiger partial charge in [0.1, 0.15) is 0 Å². The lowest BCUT2D eigenvalue weighted by molar-refractivity contribution is 0.119. The minimum atomic E-state index is 0.381. The minimum Gasteiger partial charge on any atom is -0.396 e. The normalized spacial score (nSPS) is 14.0. The second-order valence-electron chi connectivity index (χ2n) is 17.9. The largest absolute Gasteiger partial charge is 0.396 e. The highest BCUT2D eigenvalue weighted by Crippen LogP contribution is 2.41. The van der Waals surface area contributed by atoms with Crippen molar-refractivity contribution in [2.45, 2.75) is 183 Å². The highest BCUT2D eigenvalue weighted by Gasteiger charge is 2.33. The van der Waals surface area contributed by atoms with Gasteiger partial charge in [-0.15, -0.1) is 13.2 Å². The molecule has 2 heteroatoms. The zero-order valence-corrected chi connectivity index (χ0v) is 39.7. The first kappa shape index (κ1) is 61.4. The molecule has 0 aromatic heterocycles. The van der Waals surface area contributed by atoms with E-state index in [-0.39, 0.29) is 0 Å². The summed E-state index contributed by atoms with van der Waals surface area (Å²) in [5.74, 6) is 5.11. The molecule has 0 aliphatic heterocycles. The SMILES string of the molecule is C=C(C)C.C=C(C)C(C)C(C(C)CC)C(C)(C)C.C=C(C)C(C)C(C)(C)C.C=C(CC)CCC(C)C(C)C.C=CCC(=C)C(C)CCC.NC=S. The highest BCUT2D eigenvalue weighted by molar-refractivity contribution is 7.78. The van der Waals surface area contributed by atoms with Crippen molar-refractivity contribution < 1.29 is 0 Å². The summed E-state index contributed by atoms with van der Waals surface area (Å²) in [7, 11) is 0. The lowest BCUT2D eigenvalue weighted by Crippen LogP contribution is -2.32. The topological polar surface area (TPSA) is 26.0 Å². The molecule has 304 valence electrons. The van der Waals surface area contributed by atoms with E-state index in [9.17, 15) is 0 Å². The van der Waals surface area contributed by atoms with Gasteiger partial charge in [0.2, 0.25) is 0 Å². The van der Waals surface area contributed by atoms with E-state index in [0.717, 1.165) is 42.0 Å². The van der Waals surface area contributed by atoms with Crippen molar-refractivity contribution in [2.24, 2.45) is 58.0 Å². The summed E-state index contributed by atoms with van der Waals surface area (Å²) < 4.78 is 0. The van der Waals surface area contributed by atoms with Gasteiger partial charge in [-0.1, -0.05) is 196 Å². The van der Waals surface area contributed by atoms with Gasteiger partial charge in [-0.3, -0.25) is 0 Å². The molecule has 1 nitrogen and oxygen atoms in total. The van der Waals surface area contributed by atoms with Crippen LogP contribution in [0.2, 0.25) is 0 Å². The summed E-state index contributed by atoms with van der Waals surface area (Å²) in [5.41, 5.74) is 12.9. The molecule has 0 aromatic rings. The molecule has 0 saturated carbocycles. The molecule has 0 saturated heterocycles. The molecule has 0 radical (unpaired) electrons. The first-order valence-corrected chi connectivity index (χ1v) is 20.5. The quantitative estimate of drug-likeness (QED) is 0.134. The average molecular weight is 732 g/mol. The Labute approximate surface area is 331 Å². The van der Waals surface area contributed by atoms with Gasteiger partial charge < -0.3 is 5.73 Å². The summed E-state index contributed by atoms with van der Waals surface area (Å²) >= 11 is 4.05. The van der Waals surface area contributed by atoms with E-state index in [1.165, 1.54) is 60.0 Å². The molecule has 0 spiro atoms. The van der Waals surface area contributed by atoms with E-state index in [1.807, 2.05) is 19.9 Å². The molecule has 0 aromatic carbocycles. The molecular formula is C49H97NS. The summed E-state index contributed by atoms with van der Waals surface area (Å²) in [4.78, 5) is 0. The maximum Gasteiger partial charge on any atom is 0.0588 e. The predicted octanol–water partition coefficient (Wildman–Crippen LogP) is 17.2. The lowest BCUT2D eigenvalue weighted by Gasteiger charge is -2.40. The van der Waals surface area contributed by atoms with E-state index >= 15 is 0 Å². The summed E-state index contributed by atoms with van der Waals surface area (Å²) in [6, 6.07) is 0. The average Bonchev–Trinajstić information content (AvgIpc) is 2.99. The minimum absolute atomic E-state index is 0.381. The lowest BCUT2D eigenvalue weighted by atomic mass is 9.65. The Hall–Kier alpha value is -1.67. The third-order valence-electron chi connectivity index (χ3n) is 10.0. The van der Waals surface area contributed by atoms with Crippen LogP contribution in [0, 0.1) is 52.3 Å². The first-order chi connectivity index (χ1) is 23.0. The maximum absolute atomic E-state index is 4.54. The number of hydrogen-bond acceptors (Lipinski definition) is 1. The molecule has 2 N–H and O–H groups in total. The van der Waals surface area contributed by atoms with Gasteiger partial charge in [-0.2, -0.15) is 0 Å². The fourth-order valence-electron chi connectivity index (χ4n) is 5.36. The standard InChI is InChI=1S/C14H28.C11H22.C10H18.C9H18.C4H8.CH3NS/c1-9-11(4)13(14(6,7)8)12(5)10(2)3;1-6-10(4)7-8-11(5)9(2)3;1-5-7-9(3)10(4)8-6-2;1-7(2)8(3)9(4,5)6;1-4(2)3;2-1-3/h11-13H,2,9H2,1,3-8H3;9,11H,4,6-8H2,1-3,5H3;5,10H,1,3,6-8H2,2,4H3;8H,1H2,2-6H3;1H2,2-3H3;1H,(H2,2,3). The molecular weight excluding hydrogens is 635 g/mol. The monoisotopic (exact) mass is 732 g/mol. The van der Waals surface area contributed by atoms with E-state index in [1.54, 1.807) is 0 Å². The molecule has 0 bridgehead atoms. The number of nitrogens with two attached hydrogens (primary N) is 1. The second-order valence-corrected chi connectivity index (χ2v) is 18.2. The zero-order valence-electron chi connectivity index (χ0n) is 38.9. The van der Waals surface area contributed by atoms with Crippen molar-refractivity contribution >= 4 is 17.7 Å². The number of rotatable bonds is 15. The molecule has 0 heterocycles. The van der Waals surface area contributed by atoms with Crippen molar-refractivity contribution in [3.05, 3.63) is 73.4 Å². The van der Waals surface area contributed by atoms with E-state index < -0.39 is 0 Å². The molecule has 0 aliphatic carbocycles. The van der Waals surface area contributed by atoms with Crippen LogP contribution in [-0.2, 0) is 0 Å². The molecule has 51 heavy (non-hydrogen) atoms. The first-order valence-electron chi connectivity index (χ1n) is 20.0. The van der Waals surface area contributed by atoms with Crippen molar-refractivity contribution in [3.63, 3.8) is 0 Å². The molecule has 0 fully saturated rings. The van der Waals surface area contributed by atoms with Gasteiger partial charge in [0.25, 0.3) is 0 Å². The van der Waals surface area contributed by atoms with Gasteiger partial charge in [-0.05, 0) is 112 Å². The van der Waals surface area contributed by atoms with Crippen LogP contribution in [0.25, 0.3) is 0 Å². The van der Waals surface area contributed by atoms with Gasteiger partial charge >= 0.3 is 0 Å². The fourth-order valence-corrected chi connectivity index (χ4v) is 5.36. The van der Waals surface area contributed by atoms with Gasteiger partial charge in [0, 0.05) is 0 Å². The third-order valence-corrected chi connectivity index (χ3v) is 10.0. The molecule has 0 aliphatic rings. The summed E-state index contributed by atoms with van der Waals surface area (Å²) in [5, 5.41) is 0. The second kappa shape index (κ2) is 35.4. The predicted molar refractivity (Wildman–Crippen MR) is 249 cm³/mol. The van der Waals surface area contributed by atoms with Gasteiger partial charge in [0.15, 0.2) is 0 Å². The Morgan fingerprint density at radius 1 is 0.706 bits per heavy atom. The Morgan fingerprint density at radius 3 is 1.33 bits per heavy atom. The van der Waals surface area contributed by atoms with Crippen LogP contribution in [0.3, 0.4) is 0 Å². The van der Waals surface area contributed by atoms with Crippen molar-refractivity contribution in [3.8, 4) is 0 Å². The Morgan fingerprint density at radius 2 is 1.12 bits per heavy atom. The zero-order chi connectivity index (χ0) is 42.3. The third kappa shape index (κ3) is 42.6. The number of allylic oxidation sites excluding steroid dienone is 6. The summed E-state index contributed by atoms with van der Waals surface area (Å²) in [6.07, 6.45) is 10.3. The van der Waals surface area contributed by atoms with Crippen molar-refractivity contribution in [2.75, 3.05) is 0 Å². The molecule has 0 amide bonds. The van der Waals surface area contributed by atoms with E-state index in [4.69, 9.17) is 0 Å². The smallest absolute Gasteiger partial charge is 0.0588 e. The van der Waals surface area contributed by atoms with E-state index in [0.29, 0.717) is 28.6 Å². The fraction of sp³-hybridized carbons (Fsp3) is 0.735. The highest BCUT2D eigenvalue weighted by atomic mass is 32.1. The van der Waals surface area contributed by atoms with E-state index in [2.05, 4.69) is 182 Å². The van der Waals surface area contributed by atoms with Crippen LogP contribution in [0.4, 0.5) is 0 Å². The van der Waals surface area contributed by atoms with Gasteiger partial charge in [0.05, 0.1) is 5.49 Å². The van der Waals surface area contributed by atoms with Crippen LogP contribution in [-0.4, -0.2) is 5.49 Å². The van der Waals surface area contributed by atoms with Gasteiger partial charge in [-0.25, -0.2) is 0 Å². The van der Waals surface area contributed by atoms with Crippen LogP contribution < -0.4 is 5.73 Å². The van der Waals surface area contributed by atoms with Crippen LogP contribution in [0.1, 0.15) is 183 Å². The Balaban J connectivity index is -0.000000126. The van der Waals surface area contributed by atoms with Crippen LogP contribution in [0.15, 0.2) is 73.4 Å². The van der Waals surface area contributed by atoms with Crippen molar-refractivity contribution in [1.29, 1.82) is 0 Å². The summed E-state index contributed by atoms with van der Waals surface area (Å²) in [6.45, 7) is 68.0. The van der Waals surface area contributed by atoms with Crippen molar-refractivity contribution in [1.82, 2.24) is 0 Å². The van der Waals surface area contributed by atoms with Crippen LogP contribution in [0.5, 0.6) is 0 Å². The number of thiocarbonyl (C=S) groups is 1. The number of hydrogen-bond donors (Lipinski definition) is 1. The Kier molecular flexibility index (Phi) is 42.6. The Bertz CT molecular complexity index is 915. The van der Waals surface area contributed by atoms with Crippen LogP contribution >= 0.6 is 12.2 Å². The molecule has 0 rings (SSSR count). The molecule has 6 unspecified atom stereocenters.